The van der Waals surface area contributed by atoms with Crippen molar-refractivity contribution in [3.63, 3.8) is 0 Å². The second-order valence-electron chi connectivity index (χ2n) is 7.75. The maximum absolute atomic E-state index is 13.0. The van der Waals surface area contributed by atoms with Crippen molar-refractivity contribution >= 4 is 5.69 Å². The summed E-state index contributed by atoms with van der Waals surface area (Å²) in [4.78, 5) is 12.2. The third-order valence-corrected chi connectivity index (χ3v) is 5.48. The second kappa shape index (κ2) is 9.18. The summed E-state index contributed by atoms with van der Waals surface area (Å²) in [5, 5.41) is 20.1. The number of alkyl halides is 6. The van der Waals surface area contributed by atoms with E-state index >= 15 is 0 Å². The van der Waals surface area contributed by atoms with Gasteiger partial charge in [-0.2, -0.15) is 26.3 Å². The van der Waals surface area contributed by atoms with Gasteiger partial charge in [0.15, 0.2) is 0 Å². The number of hydrogen-bond acceptors (Lipinski definition) is 5. The van der Waals surface area contributed by atoms with Crippen LogP contribution in [-0.2, 0) is 12.1 Å². The van der Waals surface area contributed by atoms with E-state index in [9.17, 15) is 41.6 Å². The molecule has 0 atom stereocenters. The Hall–Kier alpha value is -2.86. The van der Waals surface area contributed by atoms with Crippen LogP contribution in [0, 0.1) is 10.1 Å². The van der Waals surface area contributed by atoms with Crippen LogP contribution in [0.25, 0.3) is 0 Å². The molecule has 1 fully saturated rings. The molecular formula is C21H20F6N2O4. The van der Waals surface area contributed by atoms with Crippen molar-refractivity contribution < 1.29 is 41.1 Å². The van der Waals surface area contributed by atoms with Crippen molar-refractivity contribution in [2.45, 2.75) is 43.4 Å². The summed E-state index contributed by atoms with van der Waals surface area (Å²) in [6.45, 7) is 1.46. The van der Waals surface area contributed by atoms with E-state index in [0.717, 1.165) is 12.1 Å². The van der Waals surface area contributed by atoms with E-state index in [2.05, 4.69) is 0 Å². The highest BCUT2D eigenvalue weighted by Gasteiger charge is 2.71. The molecule has 0 aromatic heterocycles. The number of benzene rings is 2. The largest absolute Gasteiger partial charge is 0.490 e. The quantitative estimate of drug-likeness (QED) is 0.361. The normalized spacial score (nSPS) is 16.6. The molecule has 12 heteroatoms. The van der Waals surface area contributed by atoms with E-state index in [1.807, 2.05) is 4.90 Å². The lowest BCUT2D eigenvalue weighted by atomic mass is 9.91. The minimum atomic E-state index is -5.92. The highest BCUT2D eigenvalue weighted by molar-refractivity contribution is 5.36. The summed E-state index contributed by atoms with van der Waals surface area (Å²) >= 11 is 0. The van der Waals surface area contributed by atoms with Crippen LogP contribution in [0.1, 0.15) is 24.0 Å². The van der Waals surface area contributed by atoms with Gasteiger partial charge in [0.25, 0.3) is 11.3 Å². The molecule has 1 saturated heterocycles. The molecule has 0 amide bonds. The Labute approximate surface area is 184 Å². The van der Waals surface area contributed by atoms with Crippen molar-refractivity contribution in [2.24, 2.45) is 0 Å². The van der Waals surface area contributed by atoms with Crippen LogP contribution >= 0.6 is 0 Å². The minimum Gasteiger partial charge on any atom is -0.490 e. The highest BCUT2D eigenvalue weighted by atomic mass is 19.4. The average Bonchev–Trinajstić information content (AvgIpc) is 2.74. The molecule has 1 N–H and O–H groups in total. The number of hydrogen-bond donors (Lipinski definition) is 1. The van der Waals surface area contributed by atoms with Gasteiger partial charge in [-0.3, -0.25) is 15.0 Å². The molecule has 0 aliphatic carbocycles. The number of ether oxygens (including phenoxy) is 1. The van der Waals surface area contributed by atoms with E-state index in [1.54, 1.807) is 0 Å². The number of nitro benzene ring substituents is 1. The van der Waals surface area contributed by atoms with Gasteiger partial charge in [0.1, 0.15) is 11.9 Å². The Morgan fingerprint density at radius 3 is 1.91 bits per heavy atom. The summed E-state index contributed by atoms with van der Waals surface area (Å²) in [6, 6.07) is 9.25. The van der Waals surface area contributed by atoms with E-state index in [1.165, 1.54) is 24.3 Å². The number of piperidine rings is 1. The van der Waals surface area contributed by atoms with Gasteiger partial charge >= 0.3 is 12.4 Å². The Bertz CT molecular complexity index is 939. The first-order valence-electron chi connectivity index (χ1n) is 9.90. The van der Waals surface area contributed by atoms with Crippen molar-refractivity contribution in [3.8, 4) is 5.75 Å². The first-order valence-corrected chi connectivity index (χ1v) is 9.90. The molecule has 1 aliphatic heterocycles. The summed E-state index contributed by atoms with van der Waals surface area (Å²) < 4.78 is 83.7. The Balaban J connectivity index is 1.57. The predicted molar refractivity (Wildman–Crippen MR) is 104 cm³/mol. The summed E-state index contributed by atoms with van der Waals surface area (Å²) in [5.41, 5.74) is -5.78. The Kier molecular flexibility index (Phi) is 6.89. The molecule has 6 nitrogen and oxygen atoms in total. The van der Waals surface area contributed by atoms with E-state index in [-0.39, 0.29) is 11.8 Å². The monoisotopic (exact) mass is 478 g/mol. The third-order valence-electron chi connectivity index (χ3n) is 5.48. The van der Waals surface area contributed by atoms with E-state index in [4.69, 9.17) is 4.74 Å². The van der Waals surface area contributed by atoms with Crippen LogP contribution in [-0.4, -0.2) is 46.5 Å². The number of nitro groups is 1. The smallest absolute Gasteiger partial charge is 0.430 e. The molecule has 180 valence electrons. The fourth-order valence-corrected chi connectivity index (χ4v) is 3.62. The van der Waals surface area contributed by atoms with Gasteiger partial charge in [-0.1, -0.05) is 24.3 Å². The minimum absolute atomic E-state index is 0.0490. The number of nitrogens with zero attached hydrogens (tertiary/aromatic N) is 2. The molecule has 0 radical (unpaired) electrons. The first-order chi connectivity index (χ1) is 15.3. The first kappa shape index (κ1) is 24.8. The number of halogens is 6. The SMILES string of the molecule is O=[N+]([O-])c1ccc(OC2CCN(Cc3ccc(C(O)(C(F)(F)F)C(F)(F)F)cc3)CC2)cc1. The lowest BCUT2D eigenvalue weighted by Crippen LogP contribution is -2.53. The highest BCUT2D eigenvalue weighted by Crippen LogP contribution is 2.50. The molecule has 3 rings (SSSR count). The molecule has 0 bridgehead atoms. The number of non-ortho nitro benzene ring substituents is 1. The van der Waals surface area contributed by atoms with Crippen molar-refractivity contribution in [3.05, 3.63) is 69.8 Å². The van der Waals surface area contributed by atoms with Crippen LogP contribution in [0.3, 0.4) is 0 Å². The molecule has 2 aromatic carbocycles. The van der Waals surface area contributed by atoms with Crippen LogP contribution in [0.4, 0.5) is 32.0 Å². The fraction of sp³-hybridized carbons (Fsp3) is 0.429. The Morgan fingerprint density at radius 2 is 1.45 bits per heavy atom. The maximum atomic E-state index is 13.0. The van der Waals surface area contributed by atoms with Gasteiger partial charge in [-0.15, -0.1) is 0 Å². The van der Waals surface area contributed by atoms with Gasteiger partial charge in [-0.25, -0.2) is 0 Å². The zero-order valence-electron chi connectivity index (χ0n) is 17.1. The summed E-state index contributed by atoms with van der Waals surface area (Å²) in [7, 11) is 0. The summed E-state index contributed by atoms with van der Waals surface area (Å²) in [6.07, 6.45) is -10.7. The molecule has 33 heavy (non-hydrogen) atoms. The van der Waals surface area contributed by atoms with Gasteiger partial charge < -0.3 is 9.84 Å². The molecule has 0 unspecified atom stereocenters. The number of rotatable bonds is 6. The zero-order valence-corrected chi connectivity index (χ0v) is 17.1. The third kappa shape index (κ3) is 5.38. The number of likely N-dealkylation sites (tertiary alicyclic amines) is 1. The zero-order chi connectivity index (χ0) is 24.4. The van der Waals surface area contributed by atoms with Gasteiger partial charge in [0.05, 0.1) is 4.92 Å². The standard InChI is InChI=1S/C21H20F6N2O4/c22-20(23,24)19(30,21(25,26)27)15-3-1-14(2-4-15)13-28-11-9-18(10-12-28)33-17-7-5-16(6-8-17)29(31)32/h1-8,18,30H,9-13H2. The molecular weight excluding hydrogens is 458 g/mol. The van der Waals surface area contributed by atoms with Crippen molar-refractivity contribution in [2.75, 3.05) is 13.1 Å². The predicted octanol–water partition coefficient (Wildman–Crippen LogP) is 4.95. The molecule has 2 aromatic rings. The maximum Gasteiger partial charge on any atom is 0.430 e. The number of aliphatic hydroxyl groups is 1. The lowest BCUT2D eigenvalue weighted by molar-refractivity contribution is -0.384. The molecule has 0 saturated carbocycles. The van der Waals surface area contributed by atoms with Crippen LogP contribution in [0.15, 0.2) is 48.5 Å². The average molecular weight is 478 g/mol. The van der Waals surface area contributed by atoms with Crippen molar-refractivity contribution in [1.29, 1.82) is 0 Å². The topological polar surface area (TPSA) is 75.8 Å². The van der Waals surface area contributed by atoms with Gasteiger partial charge in [0, 0.05) is 37.3 Å². The second-order valence-corrected chi connectivity index (χ2v) is 7.75. The Morgan fingerprint density at radius 1 is 0.939 bits per heavy atom. The van der Waals surface area contributed by atoms with E-state index < -0.39 is 28.4 Å². The van der Waals surface area contributed by atoms with E-state index in [0.29, 0.717) is 55.9 Å². The van der Waals surface area contributed by atoms with Crippen molar-refractivity contribution in [1.82, 2.24) is 4.90 Å². The van der Waals surface area contributed by atoms with Crippen LogP contribution < -0.4 is 4.74 Å². The van der Waals surface area contributed by atoms with Gasteiger partial charge in [-0.05, 0) is 30.5 Å². The molecule has 0 spiro atoms. The lowest BCUT2D eigenvalue weighted by Gasteiger charge is -2.33. The molecule has 1 heterocycles. The fourth-order valence-electron chi connectivity index (χ4n) is 3.62. The summed E-state index contributed by atoms with van der Waals surface area (Å²) in [5.74, 6) is 0.497. The van der Waals surface area contributed by atoms with Crippen LogP contribution in [0.5, 0.6) is 5.75 Å². The van der Waals surface area contributed by atoms with Crippen LogP contribution in [0.2, 0.25) is 0 Å². The van der Waals surface area contributed by atoms with Gasteiger partial charge in [0.2, 0.25) is 0 Å². The molecule has 1 aliphatic rings.